The van der Waals surface area contributed by atoms with E-state index in [1.165, 1.54) is 12.5 Å². The van der Waals surface area contributed by atoms with Gasteiger partial charge in [0.25, 0.3) is 0 Å². The van der Waals surface area contributed by atoms with Gasteiger partial charge in [-0.05, 0) is 6.92 Å². The van der Waals surface area contributed by atoms with E-state index in [0.717, 1.165) is 5.69 Å². The molecule has 0 fully saturated rings. The molecule has 14 heavy (non-hydrogen) atoms. The molecule has 0 saturated carbocycles. The van der Waals surface area contributed by atoms with Crippen LogP contribution in [0.1, 0.15) is 16.2 Å². The highest BCUT2D eigenvalue weighted by Gasteiger charge is 2.11. The van der Waals surface area contributed by atoms with E-state index in [0.29, 0.717) is 11.5 Å². The first-order chi connectivity index (χ1) is 6.68. The monoisotopic (exact) mass is 192 g/mol. The number of aromatic nitrogens is 4. The van der Waals surface area contributed by atoms with Crippen molar-refractivity contribution < 1.29 is 9.90 Å². The summed E-state index contributed by atoms with van der Waals surface area (Å²) in [6.07, 6.45) is 2.80. The fourth-order valence-electron chi connectivity index (χ4n) is 1.15. The summed E-state index contributed by atoms with van der Waals surface area (Å²) in [5, 5.41) is 8.67. The summed E-state index contributed by atoms with van der Waals surface area (Å²) < 4.78 is 0. The number of nitrogens with zero attached hydrogens (tertiary/aromatic N) is 2. The van der Waals surface area contributed by atoms with Crippen LogP contribution in [0.15, 0.2) is 12.5 Å². The number of aromatic carboxylic acids is 1. The van der Waals surface area contributed by atoms with Crippen molar-refractivity contribution in [3.8, 4) is 11.5 Å². The minimum Gasteiger partial charge on any atom is -0.477 e. The van der Waals surface area contributed by atoms with Gasteiger partial charge in [-0.3, -0.25) is 0 Å². The van der Waals surface area contributed by atoms with E-state index in [9.17, 15) is 4.79 Å². The molecule has 0 aromatic carbocycles. The third-order valence-corrected chi connectivity index (χ3v) is 1.86. The molecular formula is C8H8N4O2. The van der Waals surface area contributed by atoms with Crippen molar-refractivity contribution in [3.63, 3.8) is 0 Å². The van der Waals surface area contributed by atoms with Gasteiger partial charge in [-0.15, -0.1) is 0 Å². The van der Waals surface area contributed by atoms with Gasteiger partial charge in [0.1, 0.15) is 11.4 Å². The molecule has 0 bridgehead atoms. The molecule has 0 aliphatic carbocycles. The van der Waals surface area contributed by atoms with Gasteiger partial charge >= 0.3 is 5.97 Å². The Kier molecular flexibility index (Phi) is 1.81. The van der Waals surface area contributed by atoms with Crippen molar-refractivity contribution >= 4 is 5.97 Å². The lowest BCUT2D eigenvalue weighted by atomic mass is 10.3. The fourth-order valence-corrected chi connectivity index (χ4v) is 1.15. The highest BCUT2D eigenvalue weighted by molar-refractivity contribution is 5.85. The number of carbonyl (C=O) groups is 1. The Bertz CT molecular complexity index is 471. The predicted octanol–water partition coefficient (Wildman–Crippen LogP) is 0.806. The maximum atomic E-state index is 10.6. The number of hydrogen-bond acceptors (Lipinski definition) is 3. The molecule has 2 aromatic heterocycles. The van der Waals surface area contributed by atoms with Gasteiger partial charge in [0.15, 0.2) is 5.82 Å². The molecule has 72 valence electrons. The molecular weight excluding hydrogens is 184 g/mol. The van der Waals surface area contributed by atoms with Gasteiger partial charge in [-0.25, -0.2) is 14.8 Å². The van der Waals surface area contributed by atoms with E-state index in [-0.39, 0.29) is 5.69 Å². The molecule has 0 atom stereocenters. The first kappa shape index (κ1) is 8.49. The molecule has 0 saturated heterocycles. The zero-order chi connectivity index (χ0) is 10.1. The Morgan fingerprint density at radius 1 is 1.50 bits per heavy atom. The number of rotatable bonds is 2. The molecule has 0 aliphatic rings. The fraction of sp³-hybridized carbons (Fsp3) is 0.125. The minimum absolute atomic E-state index is 0.0578. The van der Waals surface area contributed by atoms with Crippen molar-refractivity contribution in [2.24, 2.45) is 0 Å². The molecule has 0 unspecified atom stereocenters. The van der Waals surface area contributed by atoms with Crippen LogP contribution in [0, 0.1) is 6.92 Å². The number of imidazole rings is 2. The van der Waals surface area contributed by atoms with Crippen molar-refractivity contribution in [3.05, 3.63) is 23.9 Å². The molecule has 0 amide bonds. The second kappa shape index (κ2) is 2.99. The van der Waals surface area contributed by atoms with Crippen molar-refractivity contribution in [1.82, 2.24) is 19.9 Å². The van der Waals surface area contributed by atoms with Crippen LogP contribution in [-0.4, -0.2) is 31.0 Å². The van der Waals surface area contributed by atoms with Crippen LogP contribution < -0.4 is 0 Å². The van der Waals surface area contributed by atoms with Gasteiger partial charge in [0, 0.05) is 5.69 Å². The standard InChI is InChI=1S/C8H8N4O2/c1-4-6(11-3-10-4)7-9-2-5(12-7)8(13)14/h2-3H,1H3,(H,9,12)(H,10,11)(H,13,14). The first-order valence-corrected chi connectivity index (χ1v) is 3.97. The van der Waals surface area contributed by atoms with Crippen LogP contribution in [0.2, 0.25) is 0 Å². The van der Waals surface area contributed by atoms with E-state index in [1.54, 1.807) is 0 Å². The van der Waals surface area contributed by atoms with E-state index in [4.69, 9.17) is 5.11 Å². The Hall–Kier alpha value is -2.11. The van der Waals surface area contributed by atoms with Crippen LogP contribution in [0.5, 0.6) is 0 Å². The molecule has 0 radical (unpaired) electrons. The highest BCUT2D eigenvalue weighted by atomic mass is 16.4. The van der Waals surface area contributed by atoms with Gasteiger partial charge in [0.2, 0.25) is 0 Å². The summed E-state index contributed by atoms with van der Waals surface area (Å²) in [7, 11) is 0. The molecule has 2 rings (SSSR count). The second-order valence-electron chi connectivity index (χ2n) is 2.83. The summed E-state index contributed by atoms with van der Waals surface area (Å²) in [5.41, 5.74) is 1.54. The molecule has 6 heteroatoms. The number of carboxylic acid groups (broad SMARTS) is 1. The number of H-pyrrole nitrogens is 2. The van der Waals surface area contributed by atoms with Crippen LogP contribution in [0.4, 0.5) is 0 Å². The van der Waals surface area contributed by atoms with E-state index in [1.807, 2.05) is 6.92 Å². The summed E-state index contributed by atoms with van der Waals surface area (Å²) in [6, 6.07) is 0. The number of carboxylic acids is 1. The van der Waals surface area contributed by atoms with E-state index in [2.05, 4.69) is 19.9 Å². The third kappa shape index (κ3) is 1.26. The molecule has 3 N–H and O–H groups in total. The van der Waals surface area contributed by atoms with Crippen molar-refractivity contribution in [2.45, 2.75) is 6.92 Å². The number of aryl methyl sites for hydroxylation is 1. The number of aromatic amines is 2. The maximum Gasteiger partial charge on any atom is 0.353 e. The molecule has 2 heterocycles. The van der Waals surface area contributed by atoms with Crippen LogP contribution in [0.3, 0.4) is 0 Å². The smallest absolute Gasteiger partial charge is 0.353 e. The lowest BCUT2D eigenvalue weighted by Crippen LogP contribution is -1.95. The van der Waals surface area contributed by atoms with Crippen LogP contribution >= 0.6 is 0 Å². The van der Waals surface area contributed by atoms with E-state index >= 15 is 0 Å². The average molecular weight is 192 g/mol. The minimum atomic E-state index is -1.03. The Labute approximate surface area is 79.0 Å². The highest BCUT2D eigenvalue weighted by Crippen LogP contribution is 2.15. The summed E-state index contributed by atoms with van der Waals surface area (Å²) in [5.74, 6) is -0.571. The van der Waals surface area contributed by atoms with Gasteiger partial charge < -0.3 is 15.1 Å². The maximum absolute atomic E-state index is 10.6. The average Bonchev–Trinajstić information content (AvgIpc) is 2.71. The van der Waals surface area contributed by atoms with E-state index < -0.39 is 5.97 Å². The Morgan fingerprint density at radius 2 is 2.29 bits per heavy atom. The number of hydrogen-bond donors (Lipinski definition) is 3. The lowest BCUT2D eigenvalue weighted by molar-refractivity contribution is 0.0691. The molecule has 0 spiro atoms. The van der Waals surface area contributed by atoms with Gasteiger partial charge in [0.05, 0.1) is 12.5 Å². The lowest BCUT2D eigenvalue weighted by Gasteiger charge is -1.91. The van der Waals surface area contributed by atoms with Gasteiger partial charge in [-0.1, -0.05) is 0 Å². The SMILES string of the molecule is Cc1[nH]cnc1-c1ncc(C(=O)O)[nH]1. The summed E-state index contributed by atoms with van der Waals surface area (Å²) in [4.78, 5) is 24.1. The Morgan fingerprint density at radius 3 is 2.79 bits per heavy atom. The van der Waals surface area contributed by atoms with Crippen molar-refractivity contribution in [2.75, 3.05) is 0 Å². The van der Waals surface area contributed by atoms with Crippen LogP contribution in [0.25, 0.3) is 11.5 Å². The summed E-state index contributed by atoms with van der Waals surface area (Å²) in [6.45, 7) is 1.84. The number of nitrogens with one attached hydrogen (secondary N) is 2. The first-order valence-electron chi connectivity index (χ1n) is 3.97. The topological polar surface area (TPSA) is 94.7 Å². The largest absolute Gasteiger partial charge is 0.477 e. The predicted molar refractivity (Wildman–Crippen MR) is 47.9 cm³/mol. The second-order valence-corrected chi connectivity index (χ2v) is 2.83. The van der Waals surface area contributed by atoms with Crippen molar-refractivity contribution in [1.29, 1.82) is 0 Å². The van der Waals surface area contributed by atoms with Gasteiger partial charge in [-0.2, -0.15) is 0 Å². The zero-order valence-corrected chi connectivity index (χ0v) is 7.40. The summed E-state index contributed by atoms with van der Waals surface area (Å²) >= 11 is 0. The molecule has 0 aliphatic heterocycles. The Balaban J connectivity index is 2.43. The van der Waals surface area contributed by atoms with Crippen LogP contribution in [-0.2, 0) is 0 Å². The third-order valence-electron chi connectivity index (χ3n) is 1.86. The quantitative estimate of drug-likeness (QED) is 0.656. The normalized spacial score (nSPS) is 10.4. The zero-order valence-electron chi connectivity index (χ0n) is 7.40. The molecule has 6 nitrogen and oxygen atoms in total. The molecule has 2 aromatic rings.